The summed E-state index contributed by atoms with van der Waals surface area (Å²) in [6.07, 6.45) is 2.99. The molecule has 2 aromatic rings. The molecule has 0 atom stereocenters. The van der Waals surface area contributed by atoms with Gasteiger partial charge in [-0.1, -0.05) is 0 Å². The largest absolute Gasteiger partial charge is 0.454 e. The second-order valence-corrected chi connectivity index (χ2v) is 2.39. The van der Waals surface area contributed by atoms with Crippen LogP contribution in [0.25, 0.3) is 11.2 Å². The van der Waals surface area contributed by atoms with E-state index in [0.717, 1.165) is 0 Å². The van der Waals surface area contributed by atoms with E-state index in [1.165, 1.54) is 12.5 Å². The molecule has 0 unspecified atom stereocenters. The third kappa shape index (κ3) is 0.807. The van der Waals surface area contributed by atoms with Crippen molar-refractivity contribution in [3.05, 3.63) is 24.7 Å². The summed E-state index contributed by atoms with van der Waals surface area (Å²) in [5, 5.41) is 0. The molecule has 0 radical (unpaired) electrons. The Balaban J connectivity index is 2.49. The van der Waals surface area contributed by atoms with Crippen molar-refractivity contribution in [3.63, 3.8) is 0 Å². The molecule has 0 aliphatic carbocycles. The van der Waals surface area contributed by atoms with Crippen LogP contribution < -0.4 is 9.78 Å². The van der Waals surface area contributed by atoms with Crippen molar-refractivity contribution < 1.29 is 23.0 Å². The van der Waals surface area contributed by atoms with E-state index in [1.807, 2.05) is 0 Å². The van der Waals surface area contributed by atoms with Gasteiger partial charge in [0.1, 0.15) is 0 Å². The summed E-state index contributed by atoms with van der Waals surface area (Å²) in [6, 6.07) is 3.36. The van der Waals surface area contributed by atoms with E-state index in [9.17, 15) is 0 Å². The highest BCUT2D eigenvalue weighted by atomic mass is 17.3. The molecule has 0 aromatic carbocycles. The quantitative estimate of drug-likeness (QED) is 0.582. The van der Waals surface area contributed by atoms with Crippen LogP contribution in [0.5, 0.6) is 11.9 Å². The van der Waals surface area contributed by atoms with Gasteiger partial charge >= 0.3 is 11.9 Å². The Labute approximate surface area is 71.7 Å². The molecule has 3 heterocycles. The molecule has 3 rings (SSSR count). The molecule has 13 heavy (non-hydrogen) atoms. The predicted octanol–water partition coefficient (Wildman–Crippen LogP) is 2.43. The Hall–Kier alpha value is -2.04. The van der Waals surface area contributed by atoms with Gasteiger partial charge in [0, 0.05) is 0 Å². The van der Waals surface area contributed by atoms with Crippen LogP contribution in [0.4, 0.5) is 0 Å². The minimum atomic E-state index is 0.171. The van der Waals surface area contributed by atoms with E-state index < -0.39 is 0 Å². The Morgan fingerprint density at radius 2 is 1.31 bits per heavy atom. The van der Waals surface area contributed by atoms with Crippen LogP contribution in [0.15, 0.2) is 37.9 Å². The first-order valence-corrected chi connectivity index (χ1v) is 3.61. The van der Waals surface area contributed by atoms with Crippen molar-refractivity contribution in [1.82, 2.24) is 0 Å². The lowest BCUT2D eigenvalue weighted by Gasteiger charge is -1.94. The molecule has 2 bridgehead atoms. The Bertz CT molecular complexity index is 444. The van der Waals surface area contributed by atoms with Gasteiger partial charge in [-0.15, -0.1) is 0 Å². The van der Waals surface area contributed by atoms with Gasteiger partial charge in [0.2, 0.25) is 0 Å². The van der Waals surface area contributed by atoms with Crippen molar-refractivity contribution in [1.29, 1.82) is 0 Å². The minimum absolute atomic E-state index is 0.171. The SMILES string of the molecule is c1ccoc2c3oc(c2oc1)OO3. The fourth-order valence-corrected chi connectivity index (χ4v) is 1.06. The smallest absolute Gasteiger partial charge is 0.386 e. The average Bonchev–Trinajstić information content (AvgIpc) is 2.62. The Morgan fingerprint density at radius 3 is 1.85 bits per heavy atom. The first-order valence-electron chi connectivity index (χ1n) is 3.61. The summed E-state index contributed by atoms with van der Waals surface area (Å²) in [4.78, 5) is 9.31. The van der Waals surface area contributed by atoms with E-state index in [0.29, 0.717) is 11.2 Å². The van der Waals surface area contributed by atoms with E-state index in [-0.39, 0.29) is 11.9 Å². The molecular formula is C8H4O5. The molecule has 0 spiro atoms. The van der Waals surface area contributed by atoms with Crippen molar-refractivity contribution in [2.24, 2.45) is 0 Å². The average molecular weight is 180 g/mol. The first-order chi connectivity index (χ1) is 6.45. The minimum Gasteiger partial charge on any atom is -0.454 e. The summed E-state index contributed by atoms with van der Waals surface area (Å²) in [7, 11) is 0. The number of fused-ring (bicyclic) bond motifs is 5. The maximum Gasteiger partial charge on any atom is 0.386 e. The Kier molecular flexibility index (Phi) is 1.11. The summed E-state index contributed by atoms with van der Waals surface area (Å²) in [5.41, 5.74) is 0.781. The highest BCUT2D eigenvalue weighted by Gasteiger charge is 2.28. The molecule has 1 aliphatic heterocycles. The van der Waals surface area contributed by atoms with E-state index in [4.69, 9.17) is 13.3 Å². The van der Waals surface area contributed by atoms with Crippen molar-refractivity contribution in [2.75, 3.05) is 0 Å². The van der Waals surface area contributed by atoms with Crippen LogP contribution in [0.1, 0.15) is 0 Å². The summed E-state index contributed by atoms with van der Waals surface area (Å²) in [6.45, 7) is 0. The molecule has 1 aliphatic rings. The summed E-state index contributed by atoms with van der Waals surface area (Å²) >= 11 is 0. The standard InChI is InChI=1S/C8H4O5/c1-2-4-10-6-5(9-3-1)7-11-8(6)13-12-7/h1-4H. The highest BCUT2D eigenvalue weighted by Crippen LogP contribution is 2.41. The predicted molar refractivity (Wildman–Crippen MR) is 39.6 cm³/mol. The van der Waals surface area contributed by atoms with Crippen LogP contribution in [0, 0.1) is 0 Å². The molecule has 0 saturated heterocycles. The summed E-state index contributed by atoms with van der Waals surface area (Å²) < 4.78 is 15.4. The number of hydrogen-bond acceptors (Lipinski definition) is 5. The first kappa shape index (κ1) is 6.47. The van der Waals surface area contributed by atoms with Gasteiger partial charge in [-0.3, -0.25) is 0 Å². The number of rotatable bonds is 0. The van der Waals surface area contributed by atoms with Gasteiger partial charge in [-0.05, 0) is 12.1 Å². The van der Waals surface area contributed by atoms with Crippen molar-refractivity contribution in [3.8, 4) is 11.9 Å². The molecular weight excluding hydrogens is 176 g/mol. The van der Waals surface area contributed by atoms with Crippen LogP contribution in [0.3, 0.4) is 0 Å². The zero-order chi connectivity index (χ0) is 8.67. The van der Waals surface area contributed by atoms with Crippen molar-refractivity contribution >= 4 is 11.2 Å². The highest BCUT2D eigenvalue weighted by molar-refractivity contribution is 5.80. The molecule has 0 N–H and O–H groups in total. The van der Waals surface area contributed by atoms with Gasteiger partial charge in [0.15, 0.2) is 0 Å². The summed E-state index contributed by atoms with van der Waals surface area (Å²) in [5.74, 6) is 0.343. The maximum absolute atomic E-state index is 5.18. The molecule has 5 nitrogen and oxygen atoms in total. The lowest BCUT2D eigenvalue weighted by atomic mass is 10.5. The van der Waals surface area contributed by atoms with E-state index in [2.05, 4.69) is 9.78 Å². The Morgan fingerprint density at radius 1 is 0.769 bits per heavy atom. The van der Waals surface area contributed by atoms with Gasteiger partial charge in [-0.2, -0.15) is 0 Å². The molecule has 0 amide bonds. The molecule has 66 valence electrons. The topological polar surface area (TPSA) is 57.9 Å². The molecule has 5 heteroatoms. The fraction of sp³-hybridized carbons (Fsp3) is 0. The third-order valence-electron chi connectivity index (χ3n) is 1.60. The molecule has 2 aromatic heterocycles. The van der Waals surface area contributed by atoms with Crippen molar-refractivity contribution in [2.45, 2.75) is 0 Å². The van der Waals surface area contributed by atoms with Crippen LogP contribution in [-0.4, -0.2) is 0 Å². The molecule has 0 fully saturated rings. The van der Waals surface area contributed by atoms with Crippen LogP contribution in [0.2, 0.25) is 0 Å². The number of hydrogen-bond donors (Lipinski definition) is 0. The van der Waals surface area contributed by atoms with E-state index >= 15 is 0 Å². The lowest BCUT2D eigenvalue weighted by molar-refractivity contribution is -0.0869. The zero-order valence-electron chi connectivity index (χ0n) is 6.35. The van der Waals surface area contributed by atoms with Gasteiger partial charge in [0.25, 0.3) is 11.2 Å². The van der Waals surface area contributed by atoms with Gasteiger partial charge < -0.3 is 13.3 Å². The monoisotopic (exact) mass is 180 g/mol. The van der Waals surface area contributed by atoms with Crippen LogP contribution >= 0.6 is 0 Å². The second kappa shape index (κ2) is 2.22. The normalized spacial score (nSPS) is 12.3. The van der Waals surface area contributed by atoms with E-state index in [1.54, 1.807) is 12.1 Å². The number of furan rings is 1. The fourth-order valence-electron chi connectivity index (χ4n) is 1.06. The third-order valence-corrected chi connectivity index (χ3v) is 1.60. The lowest BCUT2D eigenvalue weighted by Crippen LogP contribution is -1.96. The van der Waals surface area contributed by atoms with Gasteiger partial charge in [-0.25, -0.2) is 9.78 Å². The van der Waals surface area contributed by atoms with Crippen LogP contribution in [-0.2, 0) is 0 Å². The maximum atomic E-state index is 5.18. The van der Waals surface area contributed by atoms with Gasteiger partial charge in [0.05, 0.1) is 12.5 Å². The molecule has 0 saturated carbocycles. The zero-order valence-corrected chi connectivity index (χ0v) is 6.35. The second-order valence-electron chi connectivity index (χ2n) is 2.39.